The summed E-state index contributed by atoms with van der Waals surface area (Å²) in [5.74, 6) is -0.836. The second kappa shape index (κ2) is 6.85. The zero-order valence-electron chi connectivity index (χ0n) is 9.83. The van der Waals surface area contributed by atoms with Crippen LogP contribution in [0.4, 0.5) is 10.1 Å². The monoisotopic (exact) mass is 240 g/mol. The van der Waals surface area contributed by atoms with Crippen LogP contribution in [0.3, 0.4) is 0 Å². The summed E-state index contributed by atoms with van der Waals surface area (Å²) < 4.78 is 18.1. The first-order chi connectivity index (χ1) is 8.13. The van der Waals surface area contributed by atoms with Crippen LogP contribution in [0.2, 0.25) is 0 Å². The van der Waals surface area contributed by atoms with Gasteiger partial charge in [-0.1, -0.05) is 0 Å². The third-order valence-corrected chi connectivity index (χ3v) is 2.14. The van der Waals surface area contributed by atoms with Gasteiger partial charge in [0.1, 0.15) is 5.82 Å². The number of rotatable bonds is 6. The number of anilines is 1. The van der Waals surface area contributed by atoms with Crippen LogP contribution in [0.15, 0.2) is 18.2 Å². The second-order valence-electron chi connectivity index (χ2n) is 3.58. The van der Waals surface area contributed by atoms with Crippen molar-refractivity contribution in [3.8, 4) is 0 Å². The SMILES string of the molecule is CCOCCCNC(=O)c1cc(N)cc(F)c1. The van der Waals surface area contributed by atoms with E-state index in [2.05, 4.69) is 5.32 Å². The van der Waals surface area contributed by atoms with Crippen LogP contribution in [0.25, 0.3) is 0 Å². The van der Waals surface area contributed by atoms with Crippen molar-refractivity contribution >= 4 is 11.6 Å². The van der Waals surface area contributed by atoms with Crippen LogP contribution in [0.5, 0.6) is 0 Å². The highest BCUT2D eigenvalue weighted by atomic mass is 19.1. The number of amides is 1. The van der Waals surface area contributed by atoms with Crippen molar-refractivity contribution in [1.29, 1.82) is 0 Å². The molecule has 0 saturated carbocycles. The minimum Gasteiger partial charge on any atom is -0.399 e. The Kier molecular flexibility index (Phi) is 5.42. The largest absolute Gasteiger partial charge is 0.399 e. The van der Waals surface area contributed by atoms with Crippen molar-refractivity contribution < 1.29 is 13.9 Å². The highest BCUT2D eigenvalue weighted by molar-refractivity contribution is 5.95. The van der Waals surface area contributed by atoms with Crippen molar-refractivity contribution in [3.05, 3.63) is 29.6 Å². The van der Waals surface area contributed by atoms with Gasteiger partial charge in [0.15, 0.2) is 0 Å². The molecule has 0 spiro atoms. The number of carbonyl (C=O) groups excluding carboxylic acids is 1. The minimum absolute atomic E-state index is 0.235. The zero-order valence-corrected chi connectivity index (χ0v) is 9.83. The predicted octanol–water partition coefficient (Wildman–Crippen LogP) is 1.56. The molecule has 0 atom stereocenters. The molecule has 0 aliphatic heterocycles. The van der Waals surface area contributed by atoms with Gasteiger partial charge in [0.05, 0.1) is 0 Å². The Bertz CT molecular complexity index is 363. The van der Waals surface area contributed by atoms with Crippen molar-refractivity contribution in [2.75, 3.05) is 25.5 Å². The number of nitrogens with one attached hydrogen (secondary N) is 1. The lowest BCUT2D eigenvalue weighted by Gasteiger charge is -2.06. The first kappa shape index (κ1) is 13.4. The summed E-state index contributed by atoms with van der Waals surface area (Å²) in [6.07, 6.45) is 0.727. The van der Waals surface area contributed by atoms with E-state index in [-0.39, 0.29) is 17.2 Å². The molecule has 1 amide bonds. The van der Waals surface area contributed by atoms with Gasteiger partial charge in [0.25, 0.3) is 5.91 Å². The molecule has 5 heteroatoms. The van der Waals surface area contributed by atoms with Gasteiger partial charge in [0.2, 0.25) is 0 Å². The normalized spacial score (nSPS) is 10.2. The third-order valence-electron chi connectivity index (χ3n) is 2.14. The lowest BCUT2D eigenvalue weighted by atomic mass is 10.2. The van der Waals surface area contributed by atoms with Crippen LogP contribution in [0.1, 0.15) is 23.7 Å². The van der Waals surface area contributed by atoms with Crippen molar-refractivity contribution in [2.24, 2.45) is 0 Å². The molecule has 0 aromatic heterocycles. The quantitative estimate of drug-likeness (QED) is 0.586. The van der Waals surface area contributed by atoms with Crippen molar-refractivity contribution in [3.63, 3.8) is 0 Å². The standard InChI is InChI=1S/C12H17FN2O2/c1-2-17-5-3-4-15-12(16)9-6-10(13)8-11(14)7-9/h6-8H,2-5,14H2,1H3,(H,15,16). The fraction of sp³-hybridized carbons (Fsp3) is 0.417. The number of carbonyl (C=O) groups is 1. The van der Waals surface area contributed by atoms with Crippen molar-refractivity contribution in [2.45, 2.75) is 13.3 Å². The summed E-state index contributed by atoms with van der Waals surface area (Å²) in [6.45, 7) is 3.67. The molecule has 0 aliphatic rings. The predicted molar refractivity (Wildman–Crippen MR) is 64.3 cm³/mol. The molecule has 0 bridgehead atoms. The van der Waals surface area contributed by atoms with Gasteiger partial charge >= 0.3 is 0 Å². The Hall–Kier alpha value is -1.62. The summed E-state index contributed by atoms with van der Waals surface area (Å²) in [5.41, 5.74) is 5.93. The Morgan fingerprint density at radius 3 is 2.88 bits per heavy atom. The maximum Gasteiger partial charge on any atom is 0.251 e. The van der Waals surface area contributed by atoms with E-state index in [4.69, 9.17) is 10.5 Å². The first-order valence-corrected chi connectivity index (χ1v) is 5.55. The average molecular weight is 240 g/mol. The highest BCUT2D eigenvalue weighted by Crippen LogP contribution is 2.10. The Balaban J connectivity index is 2.41. The smallest absolute Gasteiger partial charge is 0.251 e. The summed E-state index contributed by atoms with van der Waals surface area (Å²) in [5, 5.41) is 2.67. The molecule has 1 rings (SSSR count). The molecule has 1 aromatic carbocycles. The Morgan fingerprint density at radius 2 is 2.24 bits per heavy atom. The van der Waals surface area contributed by atoms with E-state index in [1.807, 2.05) is 6.92 Å². The molecular formula is C12H17FN2O2. The fourth-order valence-electron chi connectivity index (χ4n) is 1.37. The minimum atomic E-state index is -0.510. The summed E-state index contributed by atoms with van der Waals surface area (Å²) in [6, 6.07) is 3.78. The number of nitrogen functional groups attached to an aromatic ring is 1. The second-order valence-corrected chi connectivity index (χ2v) is 3.58. The highest BCUT2D eigenvalue weighted by Gasteiger charge is 2.07. The van der Waals surface area contributed by atoms with E-state index >= 15 is 0 Å². The van der Waals surface area contributed by atoms with E-state index in [0.717, 1.165) is 12.5 Å². The molecule has 94 valence electrons. The third kappa shape index (κ3) is 4.82. The van der Waals surface area contributed by atoms with Gasteiger partial charge in [-0.25, -0.2) is 4.39 Å². The van der Waals surface area contributed by atoms with Crippen LogP contribution in [-0.4, -0.2) is 25.7 Å². The number of ether oxygens (including phenoxy) is 1. The Labute approximate surface area is 100.0 Å². The molecule has 4 nitrogen and oxygen atoms in total. The van der Waals surface area contributed by atoms with Gasteiger partial charge in [-0.2, -0.15) is 0 Å². The van der Waals surface area contributed by atoms with Crippen LogP contribution < -0.4 is 11.1 Å². The zero-order chi connectivity index (χ0) is 12.7. The molecule has 0 radical (unpaired) electrons. The number of nitrogens with two attached hydrogens (primary N) is 1. The van der Waals surface area contributed by atoms with E-state index in [1.165, 1.54) is 12.1 Å². The van der Waals surface area contributed by atoms with E-state index < -0.39 is 5.82 Å². The maximum atomic E-state index is 13.0. The fourth-order valence-corrected chi connectivity index (χ4v) is 1.37. The number of halogens is 1. The number of hydrogen-bond acceptors (Lipinski definition) is 3. The van der Waals surface area contributed by atoms with Crippen LogP contribution in [-0.2, 0) is 4.74 Å². The lowest BCUT2D eigenvalue weighted by Crippen LogP contribution is -2.25. The molecular weight excluding hydrogens is 223 g/mol. The molecule has 0 aliphatic carbocycles. The average Bonchev–Trinajstić information content (AvgIpc) is 2.27. The van der Waals surface area contributed by atoms with Crippen LogP contribution in [0, 0.1) is 5.82 Å². The van der Waals surface area contributed by atoms with Gasteiger partial charge in [0, 0.05) is 31.0 Å². The molecule has 17 heavy (non-hydrogen) atoms. The molecule has 0 heterocycles. The molecule has 0 saturated heterocycles. The number of hydrogen-bond donors (Lipinski definition) is 2. The summed E-state index contributed by atoms with van der Waals surface area (Å²) in [7, 11) is 0. The van der Waals surface area contributed by atoms with E-state index in [1.54, 1.807) is 0 Å². The van der Waals surface area contributed by atoms with Gasteiger partial charge in [-0.15, -0.1) is 0 Å². The van der Waals surface area contributed by atoms with Gasteiger partial charge in [-0.3, -0.25) is 4.79 Å². The topological polar surface area (TPSA) is 64.3 Å². The molecule has 1 aromatic rings. The summed E-state index contributed by atoms with van der Waals surface area (Å²) in [4.78, 5) is 11.6. The van der Waals surface area contributed by atoms with Crippen LogP contribution >= 0.6 is 0 Å². The lowest BCUT2D eigenvalue weighted by molar-refractivity contribution is 0.0944. The van der Waals surface area contributed by atoms with E-state index in [9.17, 15) is 9.18 Å². The van der Waals surface area contributed by atoms with Gasteiger partial charge in [-0.05, 0) is 31.5 Å². The summed E-state index contributed by atoms with van der Waals surface area (Å²) >= 11 is 0. The Morgan fingerprint density at radius 1 is 1.47 bits per heavy atom. The van der Waals surface area contributed by atoms with Gasteiger partial charge < -0.3 is 15.8 Å². The molecule has 3 N–H and O–H groups in total. The first-order valence-electron chi connectivity index (χ1n) is 5.55. The van der Waals surface area contributed by atoms with E-state index in [0.29, 0.717) is 19.8 Å². The number of benzene rings is 1. The maximum absolute atomic E-state index is 13.0. The van der Waals surface area contributed by atoms with Crippen molar-refractivity contribution in [1.82, 2.24) is 5.32 Å². The molecule has 0 fully saturated rings. The molecule has 0 unspecified atom stereocenters.